The fourth-order valence-electron chi connectivity index (χ4n) is 3.09. The summed E-state index contributed by atoms with van der Waals surface area (Å²) >= 11 is 0. The molecule has 1 N–H and O–H groups in total. The molecule has 21 heavy (non-hydrogen) atoms. The van der Waals surface area contributed by atoms with E-state index < -0.39 is 11.2 Å². The van der Waals surface area contributed by atoms with E-state index in [9.17, 15) is 14.4 Å². The summed E-state index contributed by atoms with van der Waals surface area (Å²) in [5.41, 5.74) is 0.449. The predicted molar refractivity (Wildman–Crippen MR) is 78.7 cm³/mol. The average Bonchev–Trinajstić information content (AvgIpc) is 2.36. The minimum Gasteiger partial charge on any atom is -0.294 e. The van der Waals surface area contributed by atoms with E-state index >= 15 is 0 Å². The molecule has 0 saturated heterocycles. The molecule has 0 atom stereocenters. The van der Waals surface area contributed by atoms with Crippen LogP contribution >= 0.6 is 0 Å². The highest BCUT2D eigenvalue weighted by Gasteiger charge is 2.33. The van der Waals surface area contributed by atoms with Crippen molar-refractivity contribution in [1.29, 1.82) is 0 Å². The van der Waals surface area contributed by atoms with Gasteiger partial charge in [-0.05, 0) is 24.3 Å². The van der Waals surface area contributed by atoms with Crippen LogP contribution in [0.1, 0.15) is 43.1 Å². The second kappa shape index (κ2) is 4.38. The van der Waals surface area contributed by atoms with Crippen molar-refractivity contribution in [1.82, 2.24) is 14.5 Å². The van der Waals surface area contributed by atoms with Gasteiger partial charge >= 0.3 is 5.69 Å². The summed E-state index contributed by atoms with van der Waals surface area (Å²) in [6, 6.07) is 0. The molecule has 0 spiro atoms. The number of aromatic amines is 1. The maximum atomic E-state index is 12.3. The van der Waals surface area contributed by atoms with Crippen LogP contribution in [0.3, 0.4) is 0 Å². The van der Waals surface area contributed by atoms with Crippen LogP contribution < -0.4 is 11.2 Å². The molecule has 0 amide bonds. The van der Waals surface area contributed by atoms with Crippen molar-refractivity contribution in [3.63, 3.8) is 0 Å². The van der Waals surface area contributed by atoms with E-state index in [-0.39, 0.29) is 11.2 Å². The highest BCUT2D eigenvalue weighted by atomic mass is 16.2. The number of carbonyl (C=O) groups is 1. The van der Waals surface area contributed by atoms with Crippen molar-refractivity contribution in [2.75, 3.05) is 0 Å². The van der Waals surface area contributed by atoms with Gasteiger partial charge < -0.3 is 0 Å². The van der Waals surface area contributed by atoms with E-state index in [1.54, 1.807) is 0 Å². The zero-order valence-electron chi connectivity index (χ0n) is 12.3. The average molecular weight is 287 g/mol. The first-order valence-electron chi connectivity index (χ1n) is 7.02. The molecule has 0 bridgehead atoms. The fraction of sp³-hybridized carbons (Fsp3) is 0.467. The Kier molecular flexibility index (Phi) is 2.86. The van der Waals surface area contributed by atoms with Crippen molar-refractivity contribution in [2.24, 2.45) is 5.41 Å². The SMILES string of the molecule is CCn1c(=O)[nH]c(=O)c2c3c(cnc21)C(=O)CC(C)(C)C3. The summed E-state index contributed by atoms with van der Waals surface area (Å²) in [6.45, 7) is 6.24. The Morgan fingerprint density at radius 1 is 1.29 bits per heavy atom. The lowest BCUT2D eigenvalue weighted by Gasteiger charge is -2.30. The lowest BCUT2D eigenvalue weighted by atomic mass is 9.73. The molecule has 6 heteroatoms. The number of hydrogen-bond acceptors (Lipinski definition) is 4. The Hall–Kier alpha value is -2.24. The number of ketones is 1. The maximum absolute atomic E-state index is 12.3. The molecule has 1 aliphatic carbocycles. The molecule has 1 aliphatic rings. The molecule has 110 valence electrons. The van der Waals surface area contributed by atoms with Crippen molar-refractivity contribution >= 4 is 16.8 Å². The molecule has 2 aromatic heterocycles. The molecule has 0 saturated carbocycles. The van der Waals surface area contributed by atoms with E-state index in [0.717, 1.165) is 0 Å². The number of nitrogens with one attached hydrogen (secondary N) is 1. The van der Waals surface area contributed by atoms with Gasteiger partial charge in [-0.3, -0.25) is 19.1 Å². The topological polar surface area (TPSA) is 84.8 Å². The van der Waals surface area contributed by atoms with Crippen LogP contribution in [0.5, 0.6) is 0 Å². The van der Waals surface area contributed by atoms with Gasteiger partial charge in [-0.15, -0.1) is 0 Å². The number of aryl methyl sites for hydroxylation is 1. The minimum absolute atomic E-state index is 0.00398. The van der Waals surface area contributed by atoms with Gasteiger partial charge in [-0.25, -0.2) is 9.78 Å². The molecule has 0 radical (unpaired) electrons. The molecule has 6 nitrogen and oxygen atoms in total. The van der Waals surface area contributed by atoms with Crippen LogP contribution in [0.15, 0.2) is 15.8 Å². The quantitative estimate of drug-likeness (QED) is 0.855. The summed E-state index contributed by atoms with van der Waals surface area (Å²) in [4.78, 5) is 42.9. The first-order chi connectivity index (χ1) is 9.84. The molecule has 2 aromatic rings. The lowest BCUT2D eigenvalue weighted by molar-refractivity contribution is 0.0912. The number of aromatic nitrogens is 3. The van der Waals surface area contributed by atoms with E-state index in [0.29, 0.717) is 41.5 Å². The lowest BCUT2D eigenvalue weighted by Crippen LogP contribution is -2.34. The smallest absolute Gasteiger partial charge is 0.294 e. The van der Waals surface area contributed by atoms with Gasteiger partial charge in [0.05, 0.1) is 5.39 Å². The van der Waals surface area contributed by atoms with E-state index in [4.69, 9.17) is 0 Å². The van der Waals surface area contributed by atoms with E-state index in [1.807, 2.05) is 20.8 Å². The Balaban J connectivity index is 2.47. The fourth-order valence-corrected chi connectivity index (χ4v) is 3.09. The summed E-state index contributed by atoms with van der Waals surface area (Å²) in [5.74, 6) is 0.00398. The van der Waals surface area contributed by atoms with Gasteiger partial charge in [0.15, 0.2) is 5.78 Å². The molecule has 0 unspecified atom stereocenters. The summed E-state index contributed by atoms with van der Waals surface area (Å²) in [7, 11) is 0. The van der Waals surface area contributed by atoms with E-state index in [1.165, 1.54) is 10.8 Å². The number of fused-ring (bicyclic) bond motifs is 3. The molecule has 0 aromatic carbocycles. The normalized spacial score (nSPS) is 17.0. The summed E-state index contributed by atoms with van der Waals surface area (Å²) in [5, 5.41) is 0.370. The van der Waals surface area contributed by atoms with Crippen LogP contribution in [0.2, 0.25) is 0 Å². The Labute approximate surface area is 120 Å². The second-order valence-corrected chi connectivity index (χ2v) is 6.29. The van der Waals surface area contributed by atoms with E-state index in [2.05, 4.69) is 9.97 Å². The number of rotatable bonds is 1. The molecule has 3 rings (SSSR count). The Morgan fingerprint density at radius 3 is 2.67 bits per heavy atom. The maximum Gasteiger partial charge on any atom is 0.329 e. The standard InChI is InChI=1S/C15H17N3O3/c1-4-18-12-11(13(20)17-14(18)21)8-5-15(2,3)6-10(19)9(8)7-16-12/h7H,4-6H2,1-3H3,(H,17,20,21). The predicted octanol–water partition coefficient (Wildman–Crippen LogP) is 1.26. The number of hydrogen-bond donors (Lipinski definition) is 1. The number of H-pyrrole nitrogens is 1. The van der Waals surface area contributed by atoms with Crippen LogP contribution in [0, 0.1) is 5.41 Å². The van der Waals surface area contributed by atoms with Crippen molar-refractivity contribution in [2.45, 2.75) is 40.2 Å². The molecular formula is C15H17N3O3. The summed E-state index contributed by atoms with van der Waals surface area (Å²) < 4.78 is 1.42. The second-order valence-electron chi connectivity index (χ2n) is 6.29. The van der Waals surface area contributed by atoms with Crippen molar-refractivity contribution < 1.29 is 4.79 Å². The zero-order chi connectivity index (χ0) is 15.4. The van der Waals surface area contributed by atoms with Crippen molar-refractivity contribution in [3.8, 4) is 0 Å². The largest absolute Gasteiger partial charge is 0.329 e. The van der Waals surface area contributed by atoms with Crippen LogP contribution in [-0.2, 0) is 13.0 Å². The Bertz CT molecular complexity index is 874. The third-order valence-corrected chi connectivity index (χ3v) is 4.03. The first kappa shape index (κ1) is 13.7. The van der Waals surface area contributed by atoms with Gasteiger partial charge in [0, 0.05) is 24.7 Å². The number of carbonyl (C=O) groups excluding carboxylic acids is 1. The third-order valence-electron chi connectivity index (χ3n) is 4.03. The number of Topliss-reactive ketones (excluding diaryl/α,β-unsaturated/α-hetero) is 1. The Morgan fingerprint density at radius 2 is 2.00 bits per heavy atom. The minimum atomic E-state index is -0.469. The van der Waals surface area contributed by atoms with Crippen LogP contribution in [-0.4, -0.2) is 20.3 Å². The van der Waals surface area contributed by atoms with Gasteiger partial charge in [0.1, 0.15) is 5.65 Å². The molecular weight excluding hydrogens is 270 g/mol. The molecule has 0 fully saturated rings. The zero-order valence-corrected chi connectivity index (χ0v) is 12.3. The number of nitrogens with zero attached hydrogens (tertiary/aromatic N) is 2. The highest BCUT2D eigenvalue weighted by Crippen LogP contribution is 2.36. The number of pyridine rings is 1. The summed E-state index contributed by atoms with van der Waals surface area (Å²) in [6.07, 6.45) is 2.57. The van der Waals surface area contributed by atoms with Gasteiger partial charge in [0.25, 0.3) is 5.56 Å². The van der Waals surface area contributed by atoms with Crippen molar-refractivity contribution in [3.05, 3.63) is 38.2 Å². The highest BCUT2D eigenvalue weighted by molar-refractivity contribution is 6.02. The van der Waals surface area contributed by atoms with Crippen LogP contribution in [0.25, 0.3) is 11.0 Å². The van der Waals surface area contributed by atoms with Gasteiger partial charge in [-0.1, -0.05) is 13.8 Å². The monoisotopic (exact) mass is 287 g/mol. The van der Waals surface area contributed by atoms with Crippen LogP contribution in [0.4, 0.5) is 0 Å². The van der Waals surface area contributed by atoms with Gasteiger partial charge in [0.2, 0.25) is 0 Å². The van der Waals surface area contributed by atoms with Gasteiger partial charge in [-0.2, -0.15) is 0 Å². The first-order valence-corrected chi connectivity index (χ1v) is 7.02. The molecule has 2 heterocycles. The third kappa shape index (κ3) is 2.02. The molecule has 0 aliphatic heterocycles.